The molecule has 0 spiro atoms. The van der Waals surface area contributed by atoms with E-state index in [2.05, 4.69) is 53.9 Å². The van der Waals surface area contributed by atoms with Gasteiger partial charge >= 0.3 is 0 Å². The van der Waals surface area contributed by atoms with Gasteiger partial charge in [-0.25, -0.2) is 0 Å². The largest absolute Gasteiger partial charge is 0.454 e. The lowest BCUT2D eigenvalue weighted by Gasteiger charge is -2.09. The van der Waals surface area contributed by atoms with Crippen molar-refractivity contribution < 1.29 is 4.42 Å². The first-order valence-electron chi connectivity index (χ1n) is 6.92. The predicted octanol–water partition coefficient (Wildman–Crippen LogP) is 4.67. The molecule has 0 radical (unpaired) electrons. The van der Waals surface area contributed by atoms with E-state index in [0.29, 0.717) is 0 Å². The van der Waals surface area contributed by atoms with Crippen LogP contribution < -0.4 is 5.32 Å². The van der Waals surface area contributed by atoms with Crippen molar-refractivity contribution >= 4 is 27.6 Å². The number of para-hydroxylation sites is 1. The number of anilines is 1. The van der Waals surface area contributed by atoms with Gasteiger partial charge in [0.2, 0.25) is 0 Å². The molecule has 1 aliphatic heterocycles. The standard InChI is InChI=1S/C18H15NO/c1-2-6-12-19-17-13(7-3-1)10-11-15-14-8-4-5-9-16(14)20-18(15)17/h1-6,8-11,19H,7,12H2. The molecule has 2 heterocycles. The highest BCUT2D eigenvalue weighted by atomic mass is 16.3. The molecule has 20 heavy (non-hydrogen) atoms. The summed E-state index contributed by atoms with van der Waals surface area (Å²) in [4.78, 5) is 0. The molecule has 0 bridgehead atoms. The Kier molecular flexibility index (Phi) is 2.59. The van der Waals surface area contributed by atoms with Gasteiger partial charge in [-0.3, -0.25) is 0 Å². The topological polar surface area (TPSA) is 25.2 Å². The third-order valence-electron chi connectivity index (χ3n) is 3.75. The molecule has 0 atom stereocenters. The van der Waals surface area contributed by atoms with Gasteiger partial charge in [0, 0.05) is 17.3 Å². The Balaban J connectivity index is 2.02. The normalized spacial score (nSPS) is 14.6. The van der Waals surface area contributed by atoms with E-state index in [-0.39, 0.29) is 0 Å². The van der Waals surface area contributed by atoms with Gasteiger partial charge in [-0.05, 0) is 18.1 Å². The summed E-state index contributed by atoms with van der Waals surface area (Å²) in [5, 5.41) is 5.85. The fourth-order valence-corrected chi connectivity index (χ4v) is 2.77. The van der Waals surface area contributed by atoms with E-state index in [1.807, 2.05) is 12.1 Å². The van der Waals surface area contributed by atoms with Crippen LogP contribution in [0.15, 0.2) is 65.1 Å². The molecule has 4 rings (SSSR count). The Bertz CT molecular complexity index is 839. The van der Waals surface area contributed by atoms with Crippen LogP contribution in [0.3, 0.4) is 0 Å². The second-order valence-electron chi connectivity index (χ2n) is 5.02. The van der Waals surface area contributed by atoms with Crippen molar-refractivity contribution in [1.82, 2.24) is 0 Å². The zero-order chi connectivity index (χ0) is 13.4. The summed E-state index contributed by atoms with van der Waals surface area (Å²) in [6.07, 6.45) is 9.39. The molecular formula is C18H15NO. The molecule has 1 N–H and O–H groups in total. The summed E-state index contributed by atoms with van der Waals surface area (Å²) in [5.74, 6) is 0. The van der Waals surface area contributed by atoms with Gasteiger partial charge in [-0.2, -0.15) is 0 Å². The second kappa shape index (κ2) is 4.57. The SMILES string of the molecule is C1=CCNc2c(ccc3c2oc2ccccc23)CC=C1. The average Bonchev–Trinajstić information content (AvgIpc) is 2.90. The number of hydrogen-bond acceptors (Lipinski definition) is 2. The van der Waals surface area contributed by atoms with Crippen molar-refractivity contribution in [3.63, 3.8) is 0 Å². The van der Waals surface area contributed by atoms with Crippen LogP contribution in [-0.2, 0) is 6.42 Å². The molecule has 98 valence electrons. The van der Waals surface area contributed by atoms with Crippen LogP contribution in [0.1, 0.15) is 5.56 Å². The van der Waals surface area contributed by atoms with Gasteiger partial charge in [-0.1, -0.05) is 54.6 Å². The number of allylic oxidation sites excluding steroid dienone is 3. The summed E-state index contributed by atoms with van der Waals surface area (Å²) < 4.78 is 6.08. The molecular weight excluding hydrogens is 246 g/mol. The maximum atomic E-state index is 6.08. The molecule has 0 saturated heterocycles. The summed E-state index contributed by atoms with van der Waals surface area (Å²) in [6, 6.07) is 12.6. The van der Waals surface area contributed by atoms with Crippen molar-refractivity contribution in [2.24, 2.45) is 0 Å². The van der Waals surface area contributed by atoms with E-state index in [0.717, 1.165) is 29.8 Å². The Morgan fingerprint density at radius 3 is 2.80 bits per heavy atom. The molecule has 1 aromatic heterocycles. The second-order valence-corrected chi connectivity index (χ2v) is 5.02. The van der Waals surface area contributed by atoms with Crippen LogP contribution >= 0.6 is 0 Å². The van der Waals surface area contributed by atoms with Gasteiger partial charge < -0.3 is 9.73 Å². The number of hydrogen-bond donors (Lipinski definition) is 1. The minimum absolute atomic E-state index is 0.813. The number of benzene rings is 2. The molecule has 0 unspecified atom stereocenters. The van der Waals surface area contributed by atoms with E-state index in [4.69, 9.17) is 4.42 Å². The number of fused-ring (bicyclic) bond motifs is 5. The minimum Gasteiger partial charge on any atom is -0.454 e. The summed E-state index contributed by atoms with van der Waals surface area (Å²) in [5.41, 5.74) is 4.31. The van der Waals surface area contributed by atoms with E-state index in [1.54, 1.807) is 0 Å². The summed E-state index contributed by atoms with van der Waals surface area (Å²) >= 11 is 0. The molecule has 2 heteroatoms. The van der Waals surface area contributed by atoms with Crippen molar-refractivity contribution in [3.8, 4) is 0 Å². The maximum absolute atomic E-state index is 6.08. The highest BCUT2D eigenvalue weighted by Crippen LogP contribution is 2.35. The quantitative estimate of drug-likeness (QED) is 0.636. The molecule has 0 fully saturated rings. The van der Waals surface area contributed by atoms with E-state index in [9.17, 15) is 0 Å². The highest BCUT2D eigenvalue weighted by Gasteiger charge is 2.13. The lowest BCUT2D eigenvalue weighted by Crippen LogP contribution is -2.01. The fraction of sp³-hybridized carbons (Fsp3) is 0.111. The summed E-state index contributed by atoms with van der Waals surface area (Å²) in [6.45, 7) is 0.813. The minimum atomic E-state index is 0.813. The number of rotatable bonds is 0. The monoisotopic (exact) mass is 261 g/mol. The predicted molar refractivity (Wildman–Crippen MR) is 84.2 cm³/mol. The first-order chi connectivity index (χ1) is 9.93. The van der Waals surface area contributed by atoms with Crippen LogP contribution in [0, 0.1) is 0 Å². The third kappa shape index (κ3) is 1.73. The van der Waals surface area contributed by atoms with Crippen molar-refractivity contribution in [3.05, 3.63) is 66.3 Å². The Labute approximate surface area is 117 Å². The van der Waals surface area contributed by atoms with E-state index in [1.165, 1.54) is 16.3 Å². The smallest absolute Gasteiger partial charge is 0.158 e. The van der Waals surface area contributed by atoms with Crippen molar-refractivity contribution in [2.75, 3.05) is 11.9 Å². The van der Waals surface area contributed by atoms with Gasteiger partial charge in [0.25, 0.3) is 0 Å². The molecule has 0 aliphatic carbocycles. The van der Waals surface area contributed by atoms with Crippen LogP contribution in [0.25, 0.3) is 21.9 Å². The van der Waals surface area contributed by atoms with Gasteiger partial charge in [0.15, 0.2) is 5.58 Å². The van der Waals surface area contributed by atoms with E-state index >= 15 is 0 Å². The first kappa shape index (κ1) is 11.4. The van der Waals surface area contributed by atoms with E-state index < -0.39 is 0 Å². The maximum Gasteiger partial charge on any atom is 0.158 e. The summed E-state index contributed by atoms with van der Waals surface area (Å²) in [7, 11) is 0. The Morgan fingerprint density at radius 1 is 0.900 bits per heavy atom. The van der Waals surface area contributed by atoms with Crippen LogP contribution in [0.2, 0.25) is 0 Å². The third-order valence-corrected chi connectivity index (χ3v) is 3.75. The fourth-order valence-electron chi connectivity index (χ4n) is 2.77. The molecule has 3 aromatic rings. The molecule has 2 nitrogen and oxygen atoms in total. The zero-order valence-electron chi connectivity index (χ0n) is 11.1. The van der Waals surface area contributed by atoms with Gasteiger partial charge in [0.1, 0.15) is 5.58 Å². The Hall–Kier alpha value is -2.48. The van der Waals surface area contributed by atoms with Gasteiger partial charge in [-0.15, -0.1) is 0 Å². The lowest BCUT2D eigenvalue weighted by molar-refractivity contribution is 0.669. The van der Waals surface area contributed by atoms with Crippen LogP contribution in [0.4, 0.5) is 5.69 Å². The molecule has 1 aliphatic rings. The van der Waals surface area contributed by atoms with Crippen molar-refractivity contribution in [1.29, 1.82) is 0 Å². The number of nitrogens with one attached hydrogen (secondary N) is 1. The molecule has 0 saturated carbocycles. The van der Waals surface area contributed by atoms with Gasteiger partial charge in [0.05, 0.1) is 5.69 Å². The lowest BCUT2D eigenvalue weighted by atomic mass is 10.0. The molecule has 2 aromatic carbocycles. The van der Waals surface area contributed by atoms with Crippen LogP contribution in [-0.4, -0.2) is 6.54 Å². The Morgan fingerprint density at radius 2 is 1.80 bits per heavy atom. The first-order valence-corrected chi connectivity index (χ1v) is 6.92. The number of furan rings is 1. The van der Waals surface area contributed by atoms with Crippen LogP contribution in [0.5, 0.6) is 0 Å². The van der Waals surface area contributed by atoms with Crippen molar-refractivity contribution in [2.45, 2.75) is 6.42 Å². The zero-order valence-corrected chi connectivity index (χ0v) is 11.1. The molecule has 0 amide bonds. The average molecular weight is 261 g/mol. The highest BCUT2D eigenvalue weighted by molar-refractivity contribution is 6.09.